The fraction of sp³-hybridized carbons (Fsp3) is 0.533. The molecule has 18 heavy (non-hydrogen) atoms. The van der Waals surface area contributed by atoms with Crippen LogP contribution >= 0.6 is 0 Å². The summed E-state index contributed by atoms with van der Waals surface area (Å²) in [6.07, 6.45) is 2.13. The molecule has 0 unspecified atom stereocenters. The van der Waals surface area contributed by atoms with Crippen LogP contribution in [0.1, 0.15) is 37.3 Å². The molecule has 0 radical (unpaired) electrons. The monoisotopic (exact) mass is 250 g/mol. The Morgan fingerprint density at radius 2 is 2.11 bits per heavy atom. The van der Waals surface area contributed by atoms with E-state index in [9.17, 15) is 4.79 Å². The van der Waals surface area contributed by atoms with Gasteiger partial charge < -0.3 is 9.84 Å². The minimum Gasteiger partial charge on any atom is -0.493 e. The molecule has 0 spiro atoms. The molecule has 0 bridgehead atoms. The fourth-order valence-corrected chi connectivity index (χ4v) is 1.88. The maximum absolute atomic E-state index is 10.9. The lowest BCUT2D eigenvalue weighted by Crippen LogP contribution is -2.13. The van der Waals surface area contributed by atoms with Gasteiger partial charge in [0.1, 0.15) is 5.75 Å². The number of aryl methyl sites for hydroxylation is 2. The van der Waals surface area contributed by atoms with E-state index >= 15 is 0 Å². The summed E-state index contributed by atoms with van der Waals surface area (Å²) >= 11 is 0. The van der Waals surface area contributed by atoms with Crippen LogP contribution in [0.15, 0.2) is 18.2 Å². The maximum atomic E-state index is 10.9. The summed E-state index contributed by atoms with van der Waals surface area (Å²) in [5, 5.41) is 8.93. The van der Waals surface area contributed by atoms with Gasteiger partial charge in [-0.25, -0.2) is 0 Å². The molecule has 1 aromatic carbocycles. The number of hydrogen-bond donors (Lipinski definition) is 1. The molecule has 0 aliphatic rings. The third kappa shape index (κ3) is 4.40. The molecule has 100 valence electrons. The number of ether oxygens (including phenoxy) is 1. The van der Waals surface area contributed by atoms with Gasteiger partial charge in [-0.3, -0.25) is 4.79 Å². The minimum atomic E-state index is -0.704. The Bertz CT molecular complexity index is 399. The average Bonchev–Trinajstić information content (AvgIpc) is 2.33. The standard InChI is InChI=1S/C15H22O3/c1-4-13(15(16)17)6-5-9-18-14-10-11(2)7-8-12(14)3/h7-8,10,13H,4-6,9H2,1-3H3,(H,16,17)/t13-/m0/s1. The summed E-state index contributed by atoms with van der Waals surface area (Å²) in [7, 11) is 0. The molecule has 0 saturated heterocycles. The van der Waals surface area contributed by atoms with Crippen molar-refractivity contribution in [2.75, 3.05) is 6.61 Å². The zero-order valence-corrected chi connectivity index (χ0v) is 11.4. The van der Waals surface area contributed by atoms with E-state index in [1.54, 1.807) is 0 Å². The summed E-state index contributed by atoms with van der Waals surface area (Å²) < 4.78 is 5.70. The number of hydrogen-bond acceptors (Lipinski definition) is 2. The van der Waals surface area contributed by atoms with Crippen LogP contribution in [-0.4, -0.2) is 17.7 Å². The van der Waals surface area contributed by atoms with E-state index in [2.05, 4.69) is 6.07 Å². The van der Waals surface area contributed by atoms with Crippen molar-refractivity contribution in [3.05, 3.63) is 29.3 Å². The first-order valence-electron chi connectivity index (χ1n) is 6.47. The van der Waals surface area contributed by atoms with Gasteiger partial charge in [-0.15, -0.1) is 0 Å². The van der Waals surface area contributed by atoms with Gasteiger partial charge in [0.25, 0.3) is 0 Å². The van der Waals surface area contributed by atoms with E-state index < -0.39 is 5.97 Å². The van der Waals surface area contributed by atoms with E-state index in [0.29, 0.717) is 19.4 Å². The van der Waals surface area contributed by atoms with Crippen LogP contribution in [0.4, 0.5) is 0 Å². The summed E-state index contributed by atoms with van der Waals surface area (Å²) in [4.78, 5) is 10.9. The highest BCUT2D eigenvalue weighted by Gasteiger charge is 2.14. The Morgan fingerprint density at radius 3 is 2.72 bits per heavy atom. The topological polar surface area (TPSA) is 46.5 Å². The first kappa shape index (κ1) is 14.6. The molecule has 0 fully saturated rings. The van der Waals surface area contributed by atoms with Crippen molar-refractivity contribution < 1.29 is 14.6 Å². The molecule has 1 rings (SSSR count). The van der Waals surface area contributed by atoms with Gasteiger partial charge in [0, 0.05) is 0 Å². The van der Waals surface area contributed by atoms with Crippen molar-refractivity contribution in [2.45, 2.75) is 40.0 Å². The smallest absolute Gasteiger partial charge is 0.306 e. The molecule has 0 amide bonds. The molecule has 1 N–H and O–H groups in total. The van der Waals surface area contributed by atoms with E-state index in [1.807, 2.05) is 32.9 Å². The summed E-state index contributed by atoms with van der Waals surface area (Å²) in [5.41, 5.74) is 2.29. The third-order valence-corrected chi connectivity index (χ3v) is 3.14. The molecule has 0 heterocycles. The second-order valence-corrected chi connectivity index (χ2v) is 4.70. The Morgan fingerprint density at radius 1 is 1.39 bits per heavy atom. The molecule has 1 aromatic rings. The normalized spacial score (nSPS) is 12.2. The Labute approximate surface area is 109 Å². The number of aliphatic carboxylic acids is 1. The van der Waals surface area contributed by atoms with E-state index in [0.717, 1.165) is 17.7 Å². The highest BCUT2D eigenvalue weighted by molar-refractivity contribution is 5.69. The second-order valence-electron chi connectivity index (χ2n) is 4.70. The van der Waals surface area contributed by atoms with Gasteiger partial charge in [-0.2, -0.15) is 0 Å². The Hall–Kier alpha value is -1.51. The van der Waals surface area contributed by atoms with Gasteiger partial charge in [0.05, 0.1) is 12.5 Å². The molecule has 0 saturated carbocycles. The highest BCUT2D eigenvalue weighted by Crippen LogP contribution is 2.20. The minimum absolute atomic E-state index is 0.243. The fourth-order valence-electron chi connectivity index (χ4n) is 1.88. The lowest BCUT2D eigenvalue weighted by atomic mass is 10.0. The first-order valence-corrected chi connectivity index (χ1v) is 6.47. The molecular weight excluding hydrogens is 228 g/mol. The molecule has 0 aliphatic carbocycles. The molecule has 1 atom stereocenters. The van der Waals surface area contributed by atoms with Crippen molar-refractivity contribution in [1.82, 2.24) is 0 Å². The van der Waals surface area contributed by atoms with Crippen molar-refractivity contribution in [3.63, 3.8) is 0 Å². The number of rotatable bonds is 7. The first-order chi connectivity index (χ1) is 8.54. The van der Waals surface area contributed by atoms with Crippen LogP contribution in [0.2, 0.25) is 0 Å². The van der Waals surface area contributed by atoms with Gasteiger partial charge in [-0.1, -0.05) is 19.1 Å². The molecule has 0 aliphatic heterocycles. The van der Waals surface area contributed by atoms with Crippen LogP contribution in [0.25, 0.3) is 0 Å². The molecule has 3 nitrogen and oxygen atoms in total. The van der Waals surface area contributed by atoms with Crippen molar-refractivity contribution in [3.8, 4) is 5.75 Å². The maximum Gasteiger partial charge on any atom is 0.306 e. The number of carboxylic acid groups (broad SMARTS) is 1. The average molecular weight is 250 g/mol. The lowest BCUT2D eigenvalue weighted by molar-refractivity contribution is -0.142. The molecular formula is C15H22O3. The van der Waals surface area contributed by atoms with E-state index in [1.165, 1.54) is 5.56 Å². The van der Waals surface area contributed by atoms with Gasteiger partial charge in [0.2, 0.25) is 0 Å². The number of carboxylic acids is 1. The summed E-state index contributed by atoms with van der Waals surface area (Å²) in [6.45, 7) is 6.53. The van der Waals surface area contributed by atoms with E-state index in [-0.39, 0.29) is 5.92 Å². The van der Waals surface area contributed by atoms with Gasteiger partial charge in [0.15, 0.2) is 0 Å². The van der Waals surface area contributed by atoms with Gasteiger partial charge >= 0.3 is 5.97 Å². The van der Waals surface area contributed by atoms with Crippen molar-refractivity contribution >= 4 is 5.97 Å². The van der Waals surface area contributed by atoms with Crippen molar-refractivity contribution in [2.24, 2.45) is 5.92 Å². The SMILES string of the molecule is CC[C@@H](CCCOc1cc(C)ccc1C)C(=O)O. The Kier molecular flexibility index (Phi) is 5.69. The summed E-state index contributed by atoms with van der Waals surface area (Å²) in [5.74, 6) is -0.0465. The summed E-state index contributed by atoms with van der Waals surface area (Å²) in [6, 6.07) is 6.11. The van der Waals surface area contributed by atoms with Gasteiger partial charge in [-0.05, 0) is 50.3 Å². The van der Waals surface area contributed by atoms with Crippen LogP contribution < -0.4 is 4.74 Å². The zero-order valence-electron chi connectivity index (χ0n) is 11.4. The van der Waals surface area contributed by atoms with Crippen molar-refractivity contribution in [1.29, 1.82) is 0 Å². The van der Waals surface area contributed by atoms with Crippen LogP contribution in [0.5, 0.6) is 5.75 Å². The lowest BCUT2D eigenvalue weighted by Gasteiger charge is -2.12. The number of benzene rings is 1. The second kappa shape index (κ2) is 7.04. The quantitative estimate of drug-likeness (QED) is 0.752. The highest BCUT2D eigenvalue weighted by atomic mass is 16.5. The Balaban J connectivity index is 2.37. The predicted molar refractivity (Wildman–Crippen MR) is 72.1 cm³/mol. The van der Waals surface area contributed by atoms with Crippen LogP contribution in [0.3, 0.4) is 0 Å². The third-order valence-electron chi connectivity index (χ3n) is 3.14. The van der Waals surface area contributed by atoms with E-state index in [4.69, 9.17) is 9.84 Å². The molecule has 3 heteroatoms. The van der Waals surface area contributed by atoms with Crippen LogP contribution in [0, 0.1) is 19.8 Å². The van der Waals surface area contributed by atoms with Crippen LogP contribution in [-0.2, 0) is 4.79 Å². The largest absolute Gasteiger partial charge is 0.493 e. The zero-order chi connectivity index (χ0) is 13.5. The predicted octanol–water partition coefficient (Wildman–Crippen LogP) is 3.57. The molecule has 0 aromatic heterocycles. The number of carbonyl (C=O) groups is 1.